The van der Waals surface area contributed by atoms with Gasteiger partial charge in [0.15, 0.2) is 0 Å². The predicted molar refractivity (Wildman–Crippen MR) is 118 cm³/mol. The van der Waals surface area contributed by atoms with Crippen LogP contribution in [-0.2, 0) is 6.18 Å². The van der Waals surface area contributed by atoms with Crippen LogP contribution in [0.15, 0.2) is 65.8 Å². The molecular formula is C22H15ClF3N3O5. The first-order valence-electron chi connectivity index (χ1n) is 9.39. The third kappa shape index (κ3) is 6.01. The first-order valence-corrected chi connectivity index (χ1v) is 9.77. The van der Waals surface area contributed by atoms with E-state index in [-0.39, 0.29) is 11.3 Å². The summed E-state index contributed by atoms with van der Waals surface area (Å²) >= 11 is 5.79. The van der Waals surface area contributed by atoms with E-state index in [9.17, 15) is 28.1 Å². The zero-order chi connectivity index (χ0) is 24.9. The molecule has 12 heteroatoms. The van der Waals surface area contributed by atoms with Crippen LogP contribution in [0.25, 0.3) is 0 Å². The highest BCUT2D eigenvalue weighted by atomic mass is 35.5. The Labute approximate surface area is 195 Å². The number of nitro benzene ring substituents is 1. The molecule has 3 aromatic carbocycles. The Morgan fingerprint density at radius 2 is 1.76 bits per heavy atom. The number of ether oxygens (including phenoxy) is 2. The number of methoxy groups -OCH3 is 1. The molecule has 34 heavy (non-hydrogen) atoms. The van der Waals surface area contributed by atoms with E-state index in [2.05, 4.69) is 10.5 Å². The molecule has 0 atom stereocenters. The summed E-state index contributed by atoms with van der Waals surface area (Å²) in [4.78, 5) is 22.5. The van der Waals surface area contributed by atoms with E-state index in [0.29, 0.717) is 28.5 Å². The molecule has 0 aliphatic carbocycles. The Balaban J connectivity index is 1.88. The molecule has 0 bridgehead atoms. The van der Waals surface area contributed by atoms with Gasteiger partial charge in [0.2, 0.25) is 5.75 Å². The van der Waals surface area contributed by atoms with Crippen LogP contribution in [0.2, 0.25) is 5.02 Å². The number of amides is 1. The smallest absolute Gasteiger partial charge is 0.416 e. The van der Waals surface area contributed by atoms with Gasteiger partial charge in [-0.15, -0.1) is 0 Å². The van der Waals surface area contributed by atoms with E-state index in [1.165, 1.54) is 55.8 Å². The van der Waals surface area contributed by atoms with Crippen molar-refractivity contribution in [2.45, 2.75) is 6.18 Å². The van der Waals surface area contributed by atoms with Crippen LogP contribution in [0, 0.1) is 10.1 Å². The van der Waals surface area contributed by atoms with Crippen molar-refractivity contribution in [3.8, 4) is 17.2 Å². The molecule has 3 rings (SSSR count). The van der Waals surface area contributed by atoms with E-state index >= 15 is 0 Å². The fourth-order valence-electron chi connectivity index (χ4n) is 2.71. The van der Waals surface area contributed by atoms with Gasteiger partial charge in [0.25, 0.3) is 5.91 Å². The van der Waals surface area contributed by atoms with Crippen molar-refractivity contribution in [2.24, 2.45) is 5.10 Å². The number of benzene rings is 3. The van der Waals surface area contributed by atoms with E-state index in [1.807, 2.05) is 0 Å². The van der Waals surface area contributed by atoms with Crippen molar-refractivity contribution in [1.29, 1.82) is 0 Å². The van der Waals surface area contributed by atoms with Crippen LogP contribution in [0.3, 0.4) is 0 Å². The summed E-state index contributed by atoms with van der Waals surface area (Å²) in [5.41, 5.74) is 0.771. The molecule has 0 unspecified atom stereocenters. The number of rotatable bonds is 7. The molecule has 0 aliphatic rings. The second-order valence-corrected chi connectivity index (χ2v) is 7.09. The number of nitrogens with zero attached hydrogens (tertiary/aromatic N) is 2. The van der Waals surface area contributed by atoms with Crippen molar-refractivity contribution < 1.29 is 32.4 Å². The lowest BCUT2D eigenvalue weighted by Crippen LogP contribution is -2.17. The van der Waals surface area contributed by atoms with Crippen LogP contribution in [0.4, 0.5) is 18.9 Å². The van der Waals surface area contributed by atoms with Gasteiger partial charge >= 0.3 is 11.9 Å². The fourth-order valence-corrected chi connectivity index (χ4v) is 2.84. The van der Waals surface area contributed by atoms with E-state index < -0.39 is 34.0 Å². The first kappa shape index (κ1) is 24.5. The number of nitro groups is 1. The highest BCUT2D eigenvalue weighted by Gasteiger charge is 2.33. The van der Waals surface area contributed by atoms with Crippen molar-refractivity contribution in [3.63, 3.8) is 0 Å². The van der Waals surface area contributed by atoms with Gasteiger partial charge < -0.3 is 9.47 Å². The number of alkyl halides is 3. The van der Waals surface area contributed by atoms with Gasteiger partial charge in [-0.1, -0.05) is 11.6 Å². The van der Waals surface area contributed by atoms with Gasteiger partial charge in [-0.2, -0.15) is 18.3 Å². The Kier molecular flexibility index (Phi) is 7.37. The van der Waals surface area contributed by atoms with Gasteiger partial charge in [-0.05, 0) is 54.6 Å². The molecule has 0 aliphatic heterocycles. The van der Waals surface area contributed by atoms with Gasteiger partial charge in [0.1, 0.15) is 11.5 Å². The highest BCUT2D eigenvalue weighted by molar-refractivity contribution is 6.30. The second kappa shape index (κ2) is 10.2. The van der Waals surface area contributed by atoms with E-state index in [1.54, 1.807) is 0 Å². The molecular weight excluding hydrogens is 479 g/mol. The molecule has 0 fully saturated rings. The number of hydrogen-bond donors (Lipinski definition) is 1. The molecule has 0 aromatic heterocycles. The van der Waals surface area contributed by atoms with Crippen molar-refractivity contribution >= 4 is 29.4 Å². The highest BCUT2D eigenvalue weighted by Crippen LogP contribution is 2.38. The lowest BCUT2D eigenvalue weighted by molar-refractivity contribution is -0.385. The average Bonchev–Trinajstić information content (AvgIpc) is 2.79. The minimum atomic E-state index is -4.76. The maximum Gasteiger partial charge on any atom is 0.416 e. The normalized spacial score (nSPS) is 11.3. The zero-order valence-electron chi connectivity index (χ0n) is 17.3. The van der Waals surface area contributed by atoms with Gasteiger partial charge in [0, 0.05) is 22.2 Å². The Hall–Kier alpha value is -4.12. The van der Waals surface area contributed by atoms with Crippen LogP contribution in [-0.4, -0.2) is 24.2 Å². The van der Waals surface area contributed by atoms with E-state index in [4.69, 9.17) is 21.1 Å². The van der Waals surface area contributed by atoms with Crippen LogP contribution in [0.1, 0.15) is 21.5 Å². The Bertz CT molecular complexity index is 1250. The third-order valence-corrected chi connectivity index (χ3v) is 4.65. The van der Waals surface area contributed by atoms with Crippen LogP contribution < -0.4 is 14.9 Å². The molecule has 0 heterocycles. The lowest BCUT2D eigenvalue weighted by atomic mass is 10.1. The summed E-state index contributed by atoms with van der Waals surface area (Å²) < 4.78 is 49.5. The molecule has 0 radical (unpaired) electrons. The Morgan fingerprint density at radius 1 is 1.09 bits per heavy atom. The molecule has 8 nitrogen and oxygen atoms in total. The summed E-state index contributed by atoms with van der Waals surface area (Å²) in [6, 6.07) is 12.3. The monoisotopic (exact) mass is 493 g/mol. The summed E-state index contributed by atoms with van der Waals surface area (Å²) in [5.74, 6) is -0.549. The van der Waals surface area contributed by atoms with Crippen molar-refractivity contribution in [1.82, 2.24) is 5.43 Å². The summed E-state index contributed by atoms with van der Waals surface area (Å²) in [7, 11) is 1.40. The average molecular weight is 494 g/mol. The van der Waals surface area contributed by atoms with Gasteiger partial charge in [-0.3, -0.25) is 14.9 Å². The summed E-state index contributed by atoms with van der Waals surface area (Å²) in [6.07, 6.45) is -3.56. The number of carbonyl (C=O) groups is 1. The van der Waals surface area contributed by atoms with Crippen molar-refractivity contribution in [3.05, 3.63) is 92.5 Å². The fraction of sp³-hybridized carbons (Fsp3) is 0.0909. The summed E-state index contributed by atoms with van der Waals surface area (Å²) in [5, 5.41) is 15.6. The molecule has 0 saturated carbocycles. The molecule has 3 aromatic rings. The van der Waals surface area contributed by atoms with Gasteiger partial charge in [0.05, 0.1) is 23.8 Å². The molecule has 1 N–H and O–H groups in total. The number of nitrogens with one attached hydrogen (secondary N) is 1. The van der Waals surface area contributed by atoms with Crippen LogP contribution >= 0.6 is 11.6 Å². The minimum absolute atomic E-state index is 0.0214. The SMILES string of the molecule is COc1ccc(Oc2ccc(C(F)(F)F)cc2[N+](=O)[O-])c(/C=N\NC(=O)c2ccc(Cl)cc2)c1. The number of halogens is 4. The summed E-state index contributed by atoms with van der Waals surface area (Å²) in [6.45, 7) is 0. The third-order valence-electron chi connectivity index (χ3n) is 4.40. The second-order valence-electron chi connectivity index (χ2n) is 6.65. The maximum absolute atomic E-state index is 12.9. The zero-order valence-corrected chi connectivity index (χ0v) is 18.1. The molecule has 0 saturated heterocycles. The molecule has 0 spiro atoms. The van der Waals surface area contributed by atoms with E-state index in [0.717, 1.165) is 6.07 Å². The topological polar surface area (TPSA) is 103 Å². The van der Waals surface area contributed by atoms with Gasteiger partial charge in [-0.25, -0.2) is 5.43 Å². The maximum atomic E-state index is 12.9. The number of carbonyl (C=O) groups excluding carboxylic acids is 1. The quantitative estimate of drug-likeness (QED) is 0.253. The Morgan fingerprint density at radius 3 is 2.38 bits per heavy atom. The van der Waals surface area contributed by atoms with Crippen molar-refractivity contribution in [2.75, 3.05) is 7.11 Å². The lowest BCUT2D eigenvalue weighted by Gasteiger charge is -2.12. The number of hydrogen-bond acceptors (Lipinski definition) is 6. The standard InChI is InChI=1S/C22H15ClF3N3O5/c1-33-17-7-9-19(34-20-8-4-15(22(24,25)26)11-18(20)29(31)32)14(10-17)12-27-28-21(30)13-2-5-16(23)6-3-13/h2-12H,1H3,(H,28,30)/b27-12-. The molecule has 1 amide bonds. The number of hydrazone groups is 1. The molecule has 176 valence electrons. The predicted octanol–water partition coefficient (Wildman–Crippen LogP) is 5.83. The van der Waals surface area contributed by atoms with Crippen LogP contribution in [0.5, 0.6) is 17.2 Å². The first-order chi connectivity index (χ1) is 16.1. The minimum Gasteiger partial charge on any atom is -0.497 e. The largest absolute Gasteiger partial charge is 0.497 e.